The summed E-state index contributed by atoms with van der Waals surface area (Å²) in [5, 5.41) is 5.23. The van der Waals surface area contributed by atoms with Crippen molar-refractivity contribution < 1.29 is 13.6 Å². The Balaban J connectivity index is 1.98. The average molecular weight is 344 g/mol. The van der Waals surface area contributed by atoms with Crippen LogP contribution in [-0.4, -0.2) is 10.9 Å². The van der Waals surface area contributed by atoms with Crippen molar-refractivity contribution in [2.45, 2.75) is 13.0 Å². The summed E-state index contributed by atoms with van der Waals surface area (Å²) in [4.78, 5) is 16.0. The first-order chi connectivity index (χ1) is 11.5. The smallest absolute Gasteiger partial charge is 0.217 e. The van der Waals surface area contributed by atoms with Crippen LogP contribution in [0.1, 0.15) is 23.5 Å². The Bertz CT molecular complexity index is 844. The van der Waals surface area contributed by atoms with E-state index >= 15 is 0 Å². The zero-order chi connectivity index (χ0) is 17.1. The fourth-order valence-electron chi connectivity index (χ4n) is 2.39. The van der Waals surface area contributed by atoms with E-state index < -0.39 is 17.7 Å². The Labute approximate surface area is 142 Å². The van der Waals surface area contributed by atoms with Crippen molar-refractivity contribution in [1.29, 1.82) is 0 Å². The SMILES string of the molecule is CC(=O)NC(c1ccccc1)c1nc(-c2cc(F)cc(F)c2)cs1. The standard InChI is InChI=1S/C18H14F2N2OS/c1-11(23)21-17(12-5-3-2-4-6-12)18-22-16(10-24-18)13-7-14(19)9-15(20)8-13/h2-10,17H,1H3,(H,21,23). The maximum Gasteiger partial charge on any atom is 0.217 e. The molecular weight excluding hydrogens is 330 g/mol. The Hall–Kier alpha value is -2.60. The Morgan fingerprint density at radius 3 is 2.42 bits per heavy atom. The number of rotatable bonds is 4. The Morgan fingerprint density at radius 2 is 1.79 bits per heavy atom. The maximum atomic E-state index is 13.4. The first-order valence-corrected chi connectivity index (χ1v) is 8.15. The van der Waals surface area contributed by atoms with Gasteiger partial charge in [-0.25, -0.2) is 13.8 Å². The van der Waals surface area contributed by atoms with Crippen LogP contribution < -0.4 is 5.32 Å². The highest BCUT2D eigenvalue weighted by molar-refractivity contribution is 7.10. The lowest BCUT2D eigenvalue weighted by atomic mass is 10.1. The van der Waals surface area contributed by atoms with E-state index in [9.17, 15) is 13.6 Å². The third-order valence-electron chi connectivity index (χ3n) is 3.41. The second-order valence-corrected chi connectivity index (χ2v) is 6.16. The summed E-state index contributed by atoms with van der Waals surface area (Å²) in [7, 11) is 0. The van der Waals surface area contributed by atoms with Crippen LogP contribution in [0.4, 0.5) is 8.78 Å². The molecule has 1 aromatic heterocycles. The van der Waals surface area contributed by atoms with E-state index in [1.165, 1.54) is 30.4 Å². The Kier molecular flexibility index (Phi) is 4.66. The van der Waals surface area contributed by atoms with Gasteiger partial charge in [-0.2, -0.15) is 0 Å². The number of halogens is 2. The average Bonchev–Trinajstić information content (AvgIpc) is 3.02. The van der Waals surface area contributed by atoms with E-state index in [1.54, 1.807) is 5.38 Å². The number of carbonyl (C=O) groups excluding carboxylic acids is 1. The van der Waals surface area contributed by atoms with Crippen LogP contribution in [0.2, 0.25) is 0 Å². The van der Waals surface area contributed by atoms with Gasteiger partial charge < -0.3 is 5.32 Å². The molecule has 1 amide bonds. The van der Waals surface area contributed by atoms with E-state index in [-0.39, 0.29) is 5.91 Å². The molecule has 0 bridgehead atoms. The molecular formula is C18H14F2N2OS. The van der Waals surface area contributed by atoms with Gasteiger partial charge in [-0.1, -0.05) is 30.3 Å². The van der Waals surface area contributed by atoms with E-state index in [0.29, 0.717) is 16.3 Å². The van der Waals surface area contributed by atoms with Gasteiger partial charge in [0.2, 0.25) is 5.91 Å². The maximum absolute atomic E-state index is 13.4. The third-order valence-corrected chi connectivity index (χ3v) is 4.32. The number of nitrogens with one attached hydrogen (secondary N) is 1. The first kappa shape index (κ1) is 16.3. The molecule has 0 aliphatic carbocycles. The van der Waals surface area contributed by atoms with E-state index in [1.807, 2.05) is 30.3 Å². The molecule has 3 aromatic rings. The van der Waals surface area contributed by atoms with Crippen molar-refractivity contribution in [1.82, 2.24) is 10.3 Å². The van der Waals surface area contributed by atoms with Crippen LogP contribution in [0, 0.1) is 11.6 Å². The minimum atomic E-state index is -0.652. The van der Waals surface area contributed by atoms with Gasteiger partial charge in [-0.15, -0.1) is 11.3 Å². The number of aromatic nitrogens is 1. The molecule has 0 fully saturated rings. The van der Waals surface area contributed by atoms with Gasteiger partial charge in [-0.3, -0.25) is 4.79 Å². The van der Waals surface area contributed by atoms with Crippen LogP contribution in [0.15, 0.2) is 53.9 Å². The first-order valence-electron chi connectivity index (χ1n) is 7.27. The fourth-order valence-corrected chi connectivity index (χ4v) is 3.29. The molecule has 1 heterocycles. The fraction of sp³-hybridized carbons (Fsp3) is 0.111. The number of amides is 1. The zero-order valence-electron chi connectivity index (χ0n) is 12.8. The molecule has 3 nitrogen and oxygen atoms in total. The van der Waals surface area contributed by atoms with Crippen molar-refractivity contribution in [3.8, 4) is 11.3 Å². The topological polar surface area (TPSA) is 42.0 Å². The van der Waals surface area contributed by atoms with Gasteiger partial charge in [0.15, 0.2) is 0 Å². The number of carbonyl (C=O) groups is 1. The number of thiazole rings is 1. The summed E-state index contributed by atoms with van der Waals surface area (Å²) in [6, 6.07) is 12.3. The van der Waals surface area contributed by atoms with E-state index in [4.69, 9.17) is 0 Å². The van der Waals surface area contributed by atoms with Crippen LogP contribution in [-0.2, 0) is 4.79 Å². The molecule has 1 N–H and O–H groups in total. The summed E-state index contributed by atoms with van der Waals surface area (Å²) >= 11 is 1.33. The molecule has 0 spiro atoms. The second-order valence-electron chi connectivity index (χ2n) is 5.27. The quantitative estimate of drug-likeness (QED) is 0.766. The molecule has 0 aliphatic rings. The third kappa shape index (κ3) is 3.65. The van der Waals surface area contributed by atoms with Crippen molar-refractivity contribution in [2.24, 2.45) is 0 Å². The van der Waals surface area contributed by atoms with Crippen LogP contribution in [0.3, 0.4) is 0 Å². The van der Waals surface area contributed by atoms with Crippen LogP contribution in [0.25, 0.3) is 11.3 Å². The van der Waals surface area contributed by atoms with Gasteiger partial charge in [0, 0.05) is 23.9 Å². The minimum absolute atomic E-state index is 0.183. The molecule has 2 aromatic carbocycles. The lowest BCUT2D eigenvalue weighted by molar-refractivity contribution is -0.119. The van der Waals surface area contributed by atoms with Crippen molar-refractivity contribution in [3.63, 3.8) is 0 Å². The highest BCUT2D eigenvalue weighted by Crippen LogP contribution is 2.30. The molecule has 1 atom stereocenters. The highest BCUT2D eigenvalue weighted by Gasteiger charge is 2.19. The largest absolute Gasteiger partial charge is 0.343 e. The summed E-state index contributed by atoms with van der Waals surface area (Å²) in [5.41, 5.74) is 1.73. The van der Waals surface area contributed by atoms with Gasteiger partial charge in [0.05, 0.1) is 5.69 Å². The Morgan fingerprint density at radius 1 is 1.12 bits per heavy atom. The number of benzene rings is 2. The molecule has 122 valence electrons. The zero-order valence-corrected chi connectivity index (χ0v) is 13.6. The molecule has 0 saturated carbocycles. The van der Waals surface area contributed by atoms with Gasteiger partial charge in [0.1, 0.15) is 22.7 Å². The summed E-state index contributed by atoms with van der Waals surface area (Å²) in [5.74, 6) is -1.49. The van der Waals surface area contributed by atoms with Crippen LogP contribution >= 0.6 is 11.3 Å². The normalized spacial score (nSPS) is 12.0. The molecule has 0 saturated heterocycles. The van der Waals surface area contributed by atoms with Gasteiger partial charge in [0.25, 0.3) is 0 Å². The number of hydrogen-bond donors (Lipinski definition) is 1. The molecule has 3 rings (SSSR count). The summed E-state index contributed by atoms with van der Waals surface area (Å²) < 4.78 is 26.8. The van der Waals surface area contributed by atoms with Crippen molar-refractivity contribution >= 4 is 17.2 Å². The molecule has 6 heteroatoms. The number of hydrogen-bond acceptors (Lipinski definition) is 3. The lowest BCUT2D eigenvalue weighted by Gasteiger charge is -2.15. The highest BCUT2D eigenvalue weighted by atomic mass is 32.1. The van der Waals surface area contributed by atoms with E-state index in [0.717, 1.165) is 11.6 Å². The van der Waals surface area contributed by atoms with Crippen molar-refractivity contribution in [2.75, 3.05) is 0 Å². The van der Waals surface area contributed by atoms with Crippen molar-refractivity contribution in [3.05, 3.63) is 76.1 Å². The number of nitrogens with zero attached hydrogens (tertiary/aromatic N) is 1. The molecule has 0 radical (unpaired) electrons. The van der Waals surface area contributed by atoms with E-state index in [2.05, 4.69) is 10.3 Å². The molecule has 0 aliphatic heterocycles. The van der Waals surface area contributed by atoms with Crippen LogP contribution in [0.5, 0.6) is 0 Å². The predicted molar refractivity (Wildman–Crippen MR) is 89.6 cm³/mol. The minimum Gasteiger partial charge on any atom is -0.343 e. The monoisotopic (exact) mass is 344 g/mol. The summed E-state index contributed by atoms with van der Waals surface area (Å²) in [6.07, 6.45) is 0. The molecule has 24 heavy (non-hydrogen) atoms. The molecule has 1 unspecified atom stereocenters. The van der Waals surface area contributed by atoms with Gasteiger partial charge >= 0.3 is 0 Å². The summed E-state index contributed by atoms with van der Waals surface area (Å²) in [6.45, 7) is 1.44. The second kappa shape index (κ2) is 6.88. The lowest BCUT2D eigenvalue weighted by Crippen LogP contribution is -2.26. The predicted octanol–water partition coefficient (Wildman–Crippen LogP) is 4.31. The van der Waals surface area contributed by atoms with Gasteiger partial charge in [-0.05, 0) is 17.7 Å².